The number of nitrogens with zero attached hydrogens (tertiary/aromatic N) is 1. The predicted molar refractivity (Wildman–Crippen MR) is 108 cm³/mol. The molecule has 0 bridgehead atoms. The Kier molecular flexibility index (Phi) is 6.00. The molecule has 0 aliphatic rings. The topological polar surface area (TPSA) is 50.7 Å². The lowest BCUT2D eigenvalue weighted by molar-refractivity contribution is 0.0955. The number of rotatable bonds is 6. The van der Waals surface area contributed by atoms with Crippen LogP contribution in [0.15, 0.2) is 77.9 Å². The Morgan fingerprint density at radius 2 is 1.48 bits per heavy atom. The largest absolute Gasteiger partial charge is 0.489 e. The number of amides is 1. The summed E-state index contributed by atoms with van der Waals surface area (Å²) in [6.45, 7) is 4.57. The fraction of sp³-hybridized carbons (Fsp3) is 0.130. The number of hydrogen-bond acceptors (Lipinski definition) is 3. The van der Waals surface area contributed by atoms with Gasteiger partial charge < -0.3 is 4.74 Å². The molecule has 136 valence electrons. The van der Waals surface area contributed by atoms with Crippen molar-refractivity contribution in [2.24, 2.45) is 5.10 Å². The minimum atomic E-state index is -0.232. The van der Waals surface area contributed by atoms with E-state index in [4.69, 9.17) is 4.74 Å². The van der Waals surface area contributed by atoms with Crippen LogP contribution in [-0.4, -0.2) is 12.1 Å². The number of nitrogens with one attached hydrogen (secondary N) is 1. The van der Waals surface area contributed by atoms with Gasteiger partial charge in [-0.15, -0.1) is 0 Å². The molecule has 0 atom stereocenters. The van der Waals surface area contributed by atoms with Crippen LogP contribution < -0.4 is 10.2 Å². The van der Waals surface area contributed by atoms with Gasteiger partial charge in [0, 0.05) is 5.56 Å². The third-order valence-electron chi connectivity index (χ3n) is 4.10. The highest BCUT2D eigenvalue weighted by molar-refractivity contribution is 5.94. The Morgan fingerprint density at radius 1 is 0.889 bits per heavy atom. The maximum absolute atomic E-state index is 12.0. The number of ether oxygens (including phenoxy) is 1. The first-order valence-corrected chi connectivity index (χ1v) is 8.79. The average Bonchev–Trinajstić information content (AvgIpc) is 2.69. The van der Waals surface area contributed by atoms with Gasteiger partial charge in [0.25, 0.3) is 5.91 Å². The molecule has 0 radical (unpaired) electrons. The van der Waals surface area contributed by atoms with E-state index in [1.54, 1.807) is 18.3 Å². The molecule has 4 nitrogen and oxygen atoms in total. The molecule has 1 N–H and O–H groups in total. The molecule has 0 aromatic heterocycles. The summed E-state index contributed by atoms with van der Waals surface area (Å²) >= 11 is 0. The molecule has 3 aromatic rings. The van der Waals surface area contributed by atoms with Crippen molar-refractivity contribution in [2.75, 3.05) is 0 Å². The van der Waals surface area contributed by atoms with E-state index in [0.29, 0.717) is 12.2 Å². The number of hydrazone groups is 1. The third-order valence-corrected chi connectivity index (χ3v) is 4.10. The summed E-state index contributed by atoms with van der Waals surface area (Å²) in [5, 5.41) is 4.01. The normalized spacial score (nSPS) is 10.7. The van der Waals surface area contributed by atoms with Crippen molar-refractivity contribution < 1.29 is 9.53 Å². The molecular weight excluding hydrogens is 336 g/mol. The van der Waals surface area contributed by atoms with Gasteiger partial charge in [0.15, 0.2) is 0 Å². The van der Waals surface area contributed by atoms with Gasteiger partial charge >= 0.3 is 0 Å². The Hall–Kier alpha value is -3.40. The summed E-state index contributed by atoms with van der Waals surface area (Å²) in [5.74, 6) is 0.556. The lowest BCUT2D eigenvalue weighted by atomic mass is 10.1. The van der Waals surface area contributed by atoms with Crippen LogP contribution in [0.25, 0.3) is 0 Å². The molecule has 4 heteroatoms. The second kappa shape index (κ2) is 8.81. The highest BCUT2D eigenvalue weighted by Gasteiger charge is 2.02. The quantitative estimate of drug-likeness (QED) is 0.515. The molecule has 0 spiro atoms. The van der Waals surface area contributed by atoms with Crippen molar-refractivity contribution in [2.45, 2.75) is 20.5 Å². The maximum atomic E-state index is 12.0. The third kappa shape index (κ3) is 5.54. The van der Waals surface area contributed by atoms with E-state index in [0.717, 1.165) is 22.4 Å². The van der Waals surface area contributed by atoms with Crippen molar-refractivity contribution in [3.05, 3.63) is 101 Å². The molecule has 0 unspecified atom stereocenters. The van der Waals surface area contributed by atoms with E-state index >= 15 is 0 Å². The lowest BCUT2D eigenvalue weighted by Crippen LogP contribution is -2.17. The van der Waals surface area contributed by atoms with E-state index in [-0.39, 0.29) is 5.91 Å². The van der Waals surface area contributed by atoms with Crippen molar-refractivity contribution in [1.82, 2.24) is 5.43 Å². The zero-order chi connectivity index (χ0) is 19.1. The van der Waals surface area contributed by atoms with Crippen molar-refractivity contribution in [1.29, 1.82) is 0 Å². The molecule has 3 aromatic carbocycles. The molecule has 0 fully saturated rings. The van der Waals surface area contributed by atoms with Crippen molar-refractivity contribution in [3.63, 3.8) is 0 Å². The summed E-state index contributed by atoms with van der Waals surface area (Å²) < 4.78 is 5.78. The predicted octanol–water partition coefficient (Wildman–Crippen LogP) is 4.65. The summed E-state index contributed by atoms with van der Waals surface area (Å²) in [4.78, 5) is 12.0. The molecule has 0 heterocycles. The number of carbonyl (C=O) groups is 1. The average molecular weight is 358 g/mol. The zero-order valence-electron chi connectivity index (χ0n) is 15.5. The second-order valence-electron chi connectivity index (χ2n) is 6.41. The maximum Gasteiger partial charge on any atom is 0.271 e. The highest BCUT2D eigenvalue weighted by Crippen LogP contribution is 2.14. The Bertz CT molecular complexity index is 912. The Balaban J connectivity index is 1.50. The van der Waals surface area contributed by atoms with Crippen molar-refractivity contribution >= 4 is 12.1 Å². The zero-order valence-corrected chi connectivity index (χ0v) is 15.5. The Morgan fingerprint density at radius 3 is 2.11 bits per heavy atom. The summed E-state index contributed by atoms with van der Waals surface area (Å²) in [6.07, 6.45) is 1.61. The SMILES string of the molecule is Cc1ccc(COc2ccc(C=NNC(=O)c3ccc(C)cc3)cc2)cc1. The minimum absolute atomic E-state index is 0.232. The summed E-state index contributed by atoms with van der Waals surface area (Å²) in [7, 11) is 0. The first-order valence-electron chi connectivity index (χ1n) is 8.79. The highest BCUT2D eigenvalue weighted by atomic mass is 16.5. The molecule has 0 saturated carbocycles. The Labute approximate surface area is 159 Å². The number of hydrogen-bond donors (Lipinski definition) is 1. The van der Waals surface area contributed by atoms with Crippen LogP contribution in [0.3, 0.4) is 0 Å². The molecule has 3 rings (SSSR count). The lowest BCUT2D eigenvalue weighted by Gasteiger charge is -2.07. The second-order valence-corrected chi connectivity index (χ2v) is 6.41. The van der Waals surface area contributed by atoms with Crippen LogP contribution in [0.2, 0.25) is 0 Å². The number of benzene rings is 3. The van der Waals surface area contributed by atoms with E-state index in [9.17, 15) is 4.79 Å². The number of carbonyl (C=O) groups excluding carboxylic acids is 1. The molecule has 27 heavy (non-hydrogen) atoms. The van der Waals surface area contributed by atoms with E-state index in [1.165, 1.54) is 5.56 Å². The van der Waals surface area contributed by atoms with Gasteiger partial charge in [0.1, 0.15) is 12.4 Å². The van der Waals surface area contributed by atoms with Gasteiger partial charge in [-0.3, -0.25) is 4.79 Å². The molecule has 0 aliphatic heterocycles. The van der Waals surface area contributed by atoms with Crippen LogP contribution in [0, 0.1) is 13.8 Å². The first-order chi connectivity index (χ1) is 13.1. The van der Waals surface area contributed by atoms with Crippen LogP contribution >= 0.6 is 0 Å². The van der Waals surface area contributed by atoms with E-state index < -0.39 is 0 Å². The van der Waals surface area contributed by atoms with Crippen LogP contribution in [-0.2, 0) is 6.61 Å². The summed E-state index contributed by atoms with van der Waals surface area (Å²) in [5.41, 5.74) is 7.46. The van der Waals surface area contributed by atoms with Crippen molar-refractivity contribution in [3.8, 4) is 5.75 Å². The molecule has 1 amide bonds. The van der Waals surface area contributed by atoms with E-state index in [2.05, 4.69) is 41.7 Å². The standard InChI is InChI=1S/C23H22N2O2/c1-17-3-7-20(8-4-17)16-27-22-13-9-19(10-14-22)15-24-25-23(26)21-11-5-18(2)6-12-21/h3-15H,16H2,1-2H3,(H,25,26). The van der Waals surface area contributed by atoms with Crippen LogP contribution in [0.5, 0.6) is 5.75 Å². The van der Waals surface area contributed by atoms with Crippen LogP contribution in [0.4, 0.5) is 0 Å². The molecular formula is C23H22N2O2. The van der Waals surface area contributed by atoms with Gasteiger partial charge in [-0.05, 0) is 61.4 Å². The van der Waals surface area contributed by atoms with Gasteiger partial charge in [-0.1, -0.05) is 47.5 Å². The fourth-order valence-electron chi connectivity index (χ4n) is 2.44. The van der Waals surface area contributed by atoms with Gasteiger partial charge in [0.05, 0.1) is 6.21 Å². The van der Waals surface area contributed by atoms with Gasteiger partial charge in [-0.2, -0.15) is 5.10 Å². The van der Waals surface area contributed by atoms with Gasteiger partial charge in [0.2, 0.25) is 0 Å². The van der Waals surface area contributed by atoms with E-state index in [1.807, 2.05) is 43.3 Å². The smallest absolute Gasteiger partial charge is 0.271 e. The molecule has 0 saturated heterocycles. The monoisotopic (exact) mass is 358 g/mol. The minimum Gasteiger partial charge on any atom is -0.489 e. The van der Waals surface area contributed by atoms with Gasteiger partial charge in [-0.25, -0.2) is 5.43 Å². The first kappa shape index (κ1) is 18.4. The fourth-order valence-corrected chi connectivity index (χ4v) is 2.44. The molecule has 0 aliphatic carbocycles. The summed E-state index contributed by atoms with van der Waals surface area (Å²) in [6, 6.07) is 23.2. The number of aryl methyl sites for hydroxylation is 2. The van der Waals surface area contributed by atoms with Crippen LogP contribution in [0.1, 0.15) is 32.6 Å².